The number of phenols is 1. The van der Waals surface area contributed by atoms with Crippen LogP contribution < -0.4 is 22.1 Å². The molecule has 3 amide bonds. The molecule has 244 valence electrons. The van der Waals surface area contributed by atoms with Gasteiger partial charge in [0, 0.05) is 25.4 Å². The van der Waals surface area contributed by atoms with Gasteiger partial charge in [-0.15, -0.1) is 0 Å². The van der Waals surface area contributed by atoms with Crippen LogP contribution in [-0.4, -0.2) is 81.9 Å². The van der Waals surface area contributed by atoms with Crippen molar-refractivity contribution in [3.8, 4) is 5.75 Å². The van der Waals surface area contributed by atoms with Gasteiger partial charge < -0.3 is 42.0 Å². The number of hydrogen-bond acceptors (Lipinski definition) is 7. The lowest BCUT2D eigenvalue weighted by molar-refractivity contribution is -0.144. The molecular weight excluding hydrogens is 564 g/mol. The molecule has 1 aliphatic heterocycles. The topological polar surface area (TPSA) is 200 Å². The number of aliphatic hydroxyl groups excluding tert-OH is 1. The van der Waals surface area contributed by atoms with Crippen LogP contribution in [0.2, 0.25) is 0 Å². The van der Waals surface area contributed by atoms with Crippen LogP contribution in [-0.2, 0) is 25.6 Å². The van der Waals surface area contributed by atoms with Crippen LogP contribution in [0.1, 0.15) is 89.5 Å². The molecule has 12 nitrogen and oxygen atoms in total. The number of aromatic hydroxyl groups is 1. The zero-order chi connectivity index (χ0) is 32.1. The molecule has 44 heavy (non-hydrogen) atoms. The highest BCUT2D eigenvalue weighted by atomic mass is 16.3. The van der Waals surface area contributed by atoms with Crippen LogP contribution in [0.4, 0.5) is 0 Å². The highest BCUT2D eigenvalue weighted by molar-refractivity contribution is 5.94. The molecule has 12 heteroatoms. The molecule has 3 rings (SSSR count). The summed E-state index contributed by atoms with van der Waals surface area (Å²) in [5.41, 5.74) is 11.5. The molecule has 2 fully saturated rings. The van der Waals surface area contributed by atoms with Crippen LogP contribution in [0.5, 0.6) is 5.75 Å². The molecule has 0 unspecified atom stereocenters. The van der Waals surface area contributed by atoms with Crippen molar-refractivity contribution >= 4 is 30.0 Å². The Morgan fingerprint density at radius 2 is 1.77 bits per heavy atom. The number of benzene rings is 1. The summed E-state index contributed by atoms with van der Waals surface area (Å²) in [4.78, 5) is 58.3. The number of nitrogens with zero attached hydrogens (tertiary/aromatic N) is 2. The van der Waals surface area contributed by atoms with E-state index in [0.717, 1.165) is 31.2 Å². The molecule has 8 N–H and O–H groups in total. The molecule has 0 spiro atoms. The molecule has 0 radical (unpaired) electrons. The van der Waals surface area contributed by atoms with Crippen molar-refractivity contribution in [3.63, 3.8) is 0 Å². The van der Waals surface area contributed by atoms with Crippen LogP contribution in [0, 0.1) is 5.92 Å². The number of amides is 3. The summed E-state index contributed by atoms with van der Waals surface area (Å²) in [7, 11) is 0. The molecule has 1 heterocycles. The monoisotopic (exact) mass is 614 g/mol. The van der Waals surface area contributed by atoms with Gasteiger partial charge >= 0.3 is 0 Å². The molecule has 1 aromatic rings. The first kappa shape index (κ1) is 34.8. The predicted molar refractivity (Wildman–Crippen MR) is 167 cm³/mol. The number of likely N-dealkylation sites (tertiary alicyclic amines) is 1. The van der Waals surface area contributed by atoms with Gasteiger partial charge in [-0.25, -0.2) is 0 Å². The Morgan fingerprint density at radius 1 is 1.05 bits per heavy atom. The third-order valence-corrected chi connectivity index (χ3v) is 8.68. The number of unbranched alkanes of at least 4 members (excludes halogenated alkanes) is 4. The molecule has 1 saturated carbocycles. The minimum atomic E-state index is -0.947. The van der Waals surface area contributed by atoms with E-state index >= 15 is 0 Å². The maximum atomic E-state index is 14.4. The van der Waals surface area contributed by atoms with Crippen molar-refractivity contribution < 1.29 is 29.4 Å². The number of carbonyl (C=O) groups excluding carboxylic acids is 4. The zero-order valence-electron chi connectivity index (χ0n) is 25.8. The first-order valence-electron chi connectivity index (χ1n) is 16.0. The third kappa shape index (κ3) is 10.5. The third-order valence-electron chi connectivity index (χ3n) is 8.68. The van der Waals surface area contributed by atoms with E-state index in [-0.39, 0.29) is 36.0 Å². The SMILES string of the molecule is CCCCCCCC(=O)N[C@@H](Cc1ccc(O)cc1)C(=O)N1[C@H](C(=O)N[C@@H](C=O)CCCN=C(N)N)C[C@@H]2CC[C@H](O)C[C@@H]21. The fourth-order valence-electron chi connectivity index (χ4n) is 6.36. The van der Waals surface area contributed by atoms with Crippen molar-refractivity contribution in [3.05, 3.63) is 29.8 Å². The van der Waals surface area contributed by atoms with Gasteiger partial charge in [0.2, 0.25) is 17.7 Å². The fraction of sp³-hybridized carbons (Fsp3) is 0.656. The van der Waals surface area contributed by atoms with Gasteiger partial charge in [-0.2, -0.15) is 0 Å². The van der Waals surface area contributed by atoms with E-state index in [1.165, 1.54) is 12.1 Å². The highest BCUT2D eigenvalue weighted by Gasteiger charge is 2.50. The van der Waals surface area contributed by atoms with Crippen molar-refractivity contribution in [2.24, 2.45) is 22.4 Å². The Bertz CT molecular complexity index is 1120. The van der Waals surface area contributed by atoms with Gasteiger partial charge in [-0.05, 0) is 68.6 Å². The molecule has 1 aromatic carbocycles. The minimum absolute atomic E-state index is 0.0123. The first-order valence-corrected chi connectivity index (χ1v) is 16.0. The van der Waals surface area contributed by atoms with E-state index in [1.54, 1.807) is 17.0 Å². The van der Waals surface area contributed by atoms with Gasteiger partial charge in [0.15, 0.2) is 5.96 Å². The standard InChI is InChI=1S/C32H50N6O6/c1-2-3-4-5-6-9-29(42)37-26(17-21-10-13-24(40)14-11-21)31(44)38-27-19-25(41)15-12-22(27)18-28(38)30(43)36-23(20-39)8-7-16-35-32(33)34/h10-11,13-14,20,22-23,25-28,40-41H,2-9,12,15-19H2,1H3,(H,36,43)(H,37,42)(H4,33,34,35)/t22-,23+,25-,26-,27-,28-/m0/s1. The summed E-state index contributed by atoms with van der Waals surface area (Å²) in [6.45, 7) is 2.44. The number of nitrogens with one attached hydrogen (secondary N) is 2. The number of hydrogen-bond donors (Lipinski definition) is 6. The number of phenolic OH excluding ortho intramolecular Hbond substituents is 1. The van der Waals surface area contributed by atoms with Crippen molar-refractivity contribution in [1.29, 1.82) is 0 Å². The predicted octanol–water partition coefficient (Wildman–Crippen LogP) is 1.65. The van der Waals surface area contributed by atoms with Gasteiger partial charge in [0.25, 0.3) is 0 Å². The molecule has 0 bridgehead atoms. The van der Waals surface area contributed by atoms with Gasteiger partial charge in [-0.3, -0.25) is 19.4 Å². The molecule has 1 aliphatic carbocycles. The summed E-state index contributed by atoms with van der Waals surface area (Å²) in [6.07, 6.45) is 8.25. The Hall–Kier alpha value is -3.67. The normalized spacial score (nSPS) is 22.4. The Morgan fingerprint density at radius 3 is 2.45 bits per heavy atom. The van der Waals surface area contributed by atoms with E-state index in [9.17, 15) is 29.4 Å². The fourth-order valence-corrected chi connectivity index (χ4v) is 6.36. The molecule has 2 aliphatic rings. The van der Waals surface area contributed by atoms with Crippen molar-refractivity contribution in [2.45, 2.75) is 121 Å². The number of aliphatic imine (C=N–C) groups is 1. The highest BCUT2D eigenvalue weighted by Crippen LogP contribution is 2.40. The summed E-state index contributed by atoms with van der Waals surface area (Å²) < 4.78 is 0. The second-order valence-electron chi connectivity index (χ2n) is 12.1. The number of aliphatic hydroxyl groups is 1. The number of carbonyl (C=O) groups is 4. The lowest BCUT2D eigenvalue weighted by Gasteiger charge is -2.37. The van der Waals surface area contributed by atoms with E-state index in [0.29, 0.717) is 64.2 Å². The number of aldehydes is 1. The second kappa shape index (κ2) is 17.6. The molecular formula is C32H50N6O6. The summed E-state index contributed by atoms with van der Waals surface area (Å²) in [6, 6.07) is 3.51. The average Bonchev–Trinajstić information content (AvgIpc) is 3.37. The Labute approximate surface area is 260 Å². The Balaban J connectivity index is 1.81. The largest absolute Gasteiger partial charge is 0.508 e. The molecule has 0 aromatic heterocycles. The van der Waals surface area contributed by atoms with E-state index in [1.807, 2.05) is 0 Å². The van der Waals surface area contributed by atoms with Crippen LogP contribution in [0.25, 0.3) is 0 Å². The maximum Gasteiger partial charge on any atom is 0.246 e. The van der Waals surface area contributed by atoms with Crippen molar-refractivity contribution in [1.82, 2.24) is 15.5 Å². The van der Waals surface area contributed by atoms with E-state index in [2.05, 4.69) is 22.5 Å². The number of rotatable bonds is 17. The summed E-state index contributed by atoms with van der Waals surface area (Å²) >= 11 is 0. The van der Waals surface area contributed by atoms with Crippen LogP contribution in [0.15, 0.2) is 29.3 Å². The van der Waals surface area contributed by atoms with Gasteiger partial charge in [0.05, 0.1) is 12.1 Å². The first-order chi connectivity index (χ1) is 21.1. The van der Waals surface area contributed by atoms with E-state index in [4.69, 9.17) is 11.5 Å². The van der Waals surface area contributed by atoms with Gasteiger partial charge in [-0.1, -0.05) is 44.7 Å². The summed E-state index contributed by atoms with van der Waals surface area (Å²) in [5, 5.41) is 26.0. The number of fused-ring (bicyclic) bond motifs is 1. The zero-order valence-corrected chi connectivity index (χ0v) is 25.8. The Kier molecular flexibility index (Phi) is 13.9. The van der Waals surface area contributed by atoms with Crippen molar-refractivity contribution in [2.75, 3.05) is 6.54 Å². The summed E-state index contributed by atoms with van der Waals surface area (Å²) in [5.74, 6) is -1.02. The molecule has 1 saturated heterocycles. The smallest absolute Gasteiger partial charge is 0.246 e. The minimum Gasteiger partial charge on any atom is -0.508 e. The number of nitrogens with two attached hydrogens (primary N) is 2. The maximum absolute atomic E-state index is 14.4. The average molecular weight is 615 g/mol. The van der Waals surface area contributed by atoms with Crippen LogP contribution >= 0.6 is 0 Å². The number of guanidine groups is 1. The molecule has 6 atom stereocenters. The van der Waals surface area contributed by atoms with Crippen LogP contribution in [0.3, 0.4) is 0 Å². The second-order valence-corrected chi connectivity index (χ2v) is 12.1. The quantitative estimate of drug-likeness (QED) is 0.0658. The van der Waals surface area contributed by atoms with E-state index < -0.39 is 36.0 Å². The lowest BCUT2D eigenvalue weighted by atomic mass is 9.83. The van der Waals surface area contributed by atoms with Gasteiger partial charge in [0.1, 0.15) is 24.1 Å². The lowest BCUT2D eigenvalue weighted by Crippen LogP contribution is -2.58.